The van der Waals surface area contributed by atoms with Crippen molar-refractivity contribution in [1.82, 2.24) is 19.6 Å². The lowest BCUT2D eigenvalue weighted by Crippen LogP contribution is -2.22. The van der Waals surface area contributed by atoms with Gasteiger partial charge in [0.2, 0.25) is 0 Å². The Morgan fingerprint density at radius 1 is 1.18 bits per heavy atom. The number of hydrogen-bond acceptors (Lipinski definition) is 6. The number of rotatable bonds is 3. The van der Waals surface area contributed by atoms with E-state index >= 15 is 0 Å². The predicted molar refractivity (Wildman–Crippen MR) is 61.2 cm³/mol. The minimum Gasteiger partial charge on any atom is -0.345 e. The Morgan fingerprint density at radius 2 is 1.82 bits per heavy atom. The van der Waals surface area contributed by atoms with E-state index in [-0.39, 0.29) is 10.8 Å². The summed E-state index contributed by atoms with van der Waals surface area (Å²) in [6.45, 7) is 0. The quantitative estimate of drug-likeness (QED) is 0.764. The molecule has 0 amide bonds. The van der Waals surface area contributed by atoms with Crippen molar-refractivity contribution in [2.24, 2.45) is 0 Å². The van der Waals surface area contributed by atoms with Crippen LogP contribution in [0.3, 0.4) is 0 Å². The monoisotopic (exact) mass is 253 g/mol. The molecule has 0 N–H and O–H groups in total. The molecule has 1 aromatic heterocycles. The Morgan fingerprint density at radius 3 is 2.41 bits per heavy atom. The van der Waals surface area contributed by atoms with Gasteiger partial charge >= 0.3 is 0 Å². The number of hydrogen-bond donors (Lipinski definition) is 0. The highest BCUT2D eigenvalue weighted by Crippen LogP contribution is 2.16. The van der Waals surface area contributed by atoms with Crippen LogP contribution < -0.4 is 4.90 Å². The molecule has 2 rings (SSSR count). The smallest absolute Gasteiger partial charge is 0.287 e. The molecule has 1 heterocycles. The molecular formula is C9H11N5O2S. The van der Waals surface area contributed by atoms with E-state index in [1.165, 1.54) is 17.0 Å². The van der Waals surface area contributed by atoms with Crippen LogP contribution in [0.4, 0.5) is 5.95 Å². The van der Waals surface area contributed by atoms with Crippen molar-refractivity contribution in [3.05, 3.63) is 30.3 Å². The molecule has 0 atom stereocenters. The largest absolute Gasteiger partial charge is 0.345 e. The number of nitrogens with zero attached hydrogens (tertiary/aromatic N) is 5. The Labute approximate surface area is 98.7 Å². The molecule has 0 aliphatic heterocycles. The standard InChI is InChI=1S/C9H11N5O2S/c1-13(2)9-10-11-12-14(9)17(15,16)8-6-4-3-5-7-8/h3-7H,1-2H3. The first-order valence-electron chi connectivity index (χ1n) is 4.80. The van der Waals surface area contributed by atoms with E-state index in [4.69, 9.17) is 0 Å². The molecule has 0 saturated heterocycles. The van der Waals surface area contributed by atoms with Gasteiger partial charge in [-0.15, -0.1) is 0 Å². The normalized spacial score (nSPS) is 11.4. The first kappa shape index (κ1) is 11.5. The molecule has 1 aromatic carbocycles. The van der Waals surface area contributed by atoms with Gasteiger partial charge in [0.25, 0.3) is 16.0 Å². The number of tetrazole rings is 1. The second kappa shape index (κ2) is 4.13. The summed E-state index contributed by atoms with van der Waals surface area (Å²) < 4.78 is 25.2. The van der Waals surface area contributed by atoms with Crippen molar-refractivity contribution in [3.63, 3.8) is 0 Å². The van der Waals surface area contributed by atoms with Crippen molar-refractivity contribution in [2.75, 3.05) is 19.0 Å². The maximum atomic E-state index is 12.2. The minimum atomic E-state index is -3.73. The zero-order valence-corrected chi connectivity index (χ0v) is 10.2. The summed E-state index contributed by atoms with van der Waals surface area (Å²) in [5, 5.41) is 10.5. The summed E-state index contributed by atoms with van der Waals surface area (Å²) in [7, 11) is -0.394. The third-order valence-electron chi connectivity index (χ3n) is 2.10. The molecule has 2 aromatic rings. The fourth-order valence-corrected chi connectivity index (χ4v) is 2.53. The highest BCUT2D eigenvalue weighted by molar-refractivity contribution is 7.90. The van der Waals surface area contributed by atoms with Crippen LogP contribution in [0.15, 0.2) is 35.2 Å². The van der Waals surface area contributed by atoms with Crippen molar-refractivity contribution in [3.8, 4) is 0 Å². The van der Waals surface area contributed by atoms with Crippen LogP contribution in [-0.4, -0.2) is 42.1 Å². The van der Waals surface area contributed by atoms with Crippen LogP contribution in [0, 0.1) is 0 Å². The van der Waals surface area contributed by atoms with Gasteiger partial charge in [-0.1, -0.05) is 27.4 Å². The van der Waals surface area contributed by atoms with E-state index in [1.54, 1.807) is 32.3 Å². The number of benzene rings is 1. The van der Waals surface area contributed by atoms with E-state index in [2.05, 4.69) is 15.5 Å². The van der Waals surface area contributed by atoms with Gasteiger partial charge in [-0.05, 0) is 22.6 Å². The van der Waals surface area contributed by atoms with Crippen molar-refractivity contribution in [1.29, 1.82) is 0 Å². The highest BCUT2D eigenvalue weighted by Gasteiger charge is 2.23. The Kier molecular flexibility index (Phi) is 2.80. The molecule has 17 heavy (non-hydrogen) atoms. The van der Waals surface area contributed by atoms with Crippen LogP contribution >= 0.6 is 0 Å². The molecule has 0 aliphatic carbocycles. The Bertz CT molecular complexity index is 605. The molecule has 0 bridgehead atoms. The van der Waals surface area contributed by atoms with Gasteiger partial charge in [-0.2, -0.15) is 8.42 Å². The Balaban J connectivity index is 2.57. The van der Waals surface area contributed by atoms with E-state index < -0.39 is 10.0 Å². The third kappa shape index (κ3) is 1.98. The van der Waals surface area contributed by atoms with Crippen LogP contribution in [0.2, 0.25) is 0 Å². The fraction of sp³-hybridized carbons (Fsp3) is 0.222. The second-order valence-corrected chi connectivity index (χ2v) is 5.30. The maximum absolute atomic E-state index is 12.2. The van der Waals surface area contributed by atoms with E-state index in [9.17, 15) is 8.42 Å². The zero-order valence-electron chi connectivity index (χ0n) is 9.35. The topological polar surface area (TPSA) is 81.0 Å². The molecular weight excluding hydrogens is 242 g/mol. The maximum Gasteiger partial charge on any atom is 0.287 e. The van der Waals surface area contributed by atoms with Gasteiger partial charge in [0, 0.05) is 14.1 Å². The lowest BCUT2D eigenvalue weighted by atomic mass is 10.4. The molecule has 0 aliphatic rings. The predicted octanol–water partition coefficient (Wildman–Crippen LogP) is -0.0239. The number of aromatic nitrogens is 4. The molecule has 0 fully saturated rings. The average Bonchev–Trinajstić information content (AvgIpc) is 2.80. The molecule has 0 spiro atoms. The zero-order chi connectivity index (χ0) is 12.5. The van der Waals surface area contributed by atoms with Crippen molar-refractivity contribution in [2.45, 2.75) is 4.90 Å². The van der Waals surface area contributed by atoms with Gasteiger partial charge in [-0.25, -0.2) is 0 Å². The van der Waals surface area contributed by atoms with Gasteiger partial charge in [-0.3, -0.25) is 0 Å². The summed E-state index contributed by atoms with van der Waals surface area (Å²) in [5.41, 5.74) is 0. The van der Waals surface area contributed by atoms with Crippen LogP contribution in [0.5, 0.6) is 0 Å². The van der Waals surface area contributed by atoms with Crippen LogP contribution in [-0.2, 0) is 10.0 Å². The summed E-state index contributed by atoms with van der Waals surface area (Å²) in [5.74, 6) is 0.161. The Hall–Kier alpha value is -1.96. The fourth-order valence-electron chi connectivity index (χ4n) is 1.28. The van der Waals surface area contributed by atoms with Crippen LogP contribution in [0.1, 0.15) is 0 Å². The molecule has 0 saturated carbocycles. The van der Waals surface area contributed by atoms with Gasteiger partial charge in [0.05, 0.1) is 4.90 Å². The third-order valence-corrected chi connectivity index (χ3v) is 3.65. The highest BCUT2D eigenvalue weighted by atomic mass is 32.2. The van der Waals surface area contributed by atoms with E-state index in [0.717, 1.165) is 4.09 Å². The first-order chi connectivity index (χ1) is 8.03. The minimum absolute atomic E-state index is 0.149. The first-order valence-corrected chi connectivity index (χ1v) is 6.24. The van der Waals surface area contributed by atoms with Gasteiger partial charge < -0.3 is 4.90 Å². The van der Waals surface area contributed by atoms with Gasteiger partial charge in [0.1, 0.15) is 0 Å². The lowest BCUT2D eigenvalue weighted by molar-refractivity contribution is 0.577. The lowest BCUT2D eigenvalue weighted by Gasteiger charge is -2.11. The number of anilines is 1. The molecule has 8 heteroatoms. The van der Waals surface area contributed by atoms with Crippen molar-refractivity contribution >= 4 is 16.0 Å². The second-order valence-electron chi connectivity index (χ2n) is 3.53. The summed E-state index contributed by atoms with van der Waals surface area (Å²) in [4.78, 5) is 1.68. The molecule has 0 radical (unpaired) electrons. The summed E-state index contributed by atoms with van der Waals surface area (Å²) in [6, 6.07) is 8.03. The summed E-state index contributed by atoms with van der Waals surface area (Å²) >= 11 is 0. The molecule has 7 nitrogen and oxygen atoms in total. The SMILES string of the molecule is CN(C)c1nnnn1S(=O)(=O)c1ccccc1. The van der Waals surface area contributed by atoms with E-state index in [1.807, 2.05) is 0 Å². The molecule has 0 unspecified atom stereocenters. The van der Waals surface area contributed by atoms with Crippen LogP contribution in [0.25, 0.3) is 0 Å². The average molecular weight is 253 g/mol. The summed E-state index contributed by atoms with van der Waals surface area (Å²) in [6.07, 6.45) is 0. The molecule has 90 valence electrons. The van der Waals surface area contributed by atoms with Gasteiger partial charge in [0.15, 0.2) is 0 Å². The van der Waals surface area contributed by atoms with Crippen molar-refractivity contribution < 1.29 is 8.42 Å². The van der Waals surface area contributed by atoms with E-state index in [0.29, 0.717) is 0 Å².